The Balaban J connectivity index is 0.000000720. The van der Waals surface area contributed by atoms with Gasteiger partial charge in [-0.15, -0.1) is 12.4 Å². The number of nitrogens with one attached hydrogen (secondary N) is 1. The number of hydrogen-bond acceptors (Lipinski definition) is 2. The zero-order valence-corrected chi connectivity index (χ0v) is 7.43. The molecular formula is C8H11ClN2O. The zero-order valence-electron chi connectivity index (χ0n) is 6.62. The largest absolute Gasteiger partial charge is 0.315 e. The second kappa shape index (κ2) is 3.83. The van der Waals surface area contributed by atoms with E-state index in [1.165, 1.54) is 0 Å². The first-order valence-corrected chi connectivity index (χ1v) is 3.86. The van der Waals surface area contributed by atoms with Crippen molar-refractivity contribution in [1.29, 1.82) is 0 Å². The molecule has 2 rings (SSSR count). The lowest BCUT2D eigenvalue weighted by Gasteiger charge is -2.23. The van der Waals surface area contributed by atoms with Gasteiger partial charge in [-0.1, -0.05) is 6.08 Å². The molecule has 2 aliphatic rings. The summed E-state index contributed by atoms with van der Waals surface area (Å²) in [6.45, 7) is 1.89. The maximum atomic E-state index is 10.8. The number of fused-ring (bicyclic) bond motifs is 1. The molecule has 2 aliphatic heterocycles. The smallest absolute Gasteiger partial charge is 0.269 e. The van der Waals surface area contributed by atoms with Crippen molar-refractivity contribution in [2.75, 3.05) is 13.1 Å². The van der Waals surface area contributed by atoms with Crippen LogP contribution in [0.15, 0.2) is 17.1 Å². The van der Waals surface area contributed by atoms with Crippen molar-refractivity contribution >= 4 is 24.0 Å². The van der Waals surface area contributed by atoms with Gasteiger partial charge in [0.05, 0.1) is 0 Å². The van der Waals surface area contributed by atoms with Gasteiger partial charge in [-0.25, -0.2) is 4.99 Å². The number of carbonyl (C=O) groups excluding carboxylic acids is 1. The Kier molecular flexibility index (Phi) is 3.00. The highest BCUT2D eigenvalue weighted by atomic mass is 35.5. The Morgan fingerprint density at radius 3 is 3.25 bits per heavy atom. The molecule has 1 amide bonds. The van der Waals surface area contributed by atoms with Gasteiger partial charge < -0.3 is 5.32 Å². The molecule has 0 spiro atoms. The first kappa shape index (κ1) is 9.42. The highest BCUT2D eigenvalue weighted by molar-refractivity contribution is 6.05. The number of dihydropyridines is 1. The summed E-state index contributed by atoms with van der Waals surface area (Å²) in [7, 11) is 0. The maximum Gasteiger partial charge on any atom is 0.269 e. The third kappa shape index (κ3) is 1.73. The summed E-state index contributed by atoms with van der Waals surface area (Å²) in [4.78, 5) is 14.8. The molecule has 1 saturated heterocycles. The molecule has 4 heteroatoms. The lowest BCUT2D eigenvalue weighted by Crippen LogP contribution is -2.37. The monoisotopic (exact) mass is 186 g/mol. The van der Waals surface area contributed by atoms with Crippen LogP contribution >= 0.6 is 12.4 Å². The van der Waals surface area contributed by atoms with Gasteiger partial charge in [-0.05, 0) is 6.42 Å². The minimum atomic E-state index is -0.0989. The van der Waals surface area contributed by atoms with Crippen LogP contribution in [0, 0.1) is 5.92 Å². The SMILES string of the molecule is Cl.O=C1C=CC2CNCCC2=N1. The van der Waals surface area contributed by atoms with E-state index >= 15 is 0 Å². The molecule has 0 bridgehead atoms. The molecule has 12 heavy (non-hydrogen) atoms. The Morgan fingerprint density at radius 2 is 2.42 bits per heavy atom. The number of nitrogens with zero attached hydrogens (tertiary/aromatic N) is 1. The average molecular weight is 187 g/mol. The first-order chi connectivity index (χ1) is 5.36. The summed E-state index contributed by atoms with van der Waals surface area (Å²) in [6.07, 6.45) is 4.42. The summed E-state index contributed by atoms with van der Waals surface area (Å²) in [5, 5.41) is 3.26. The summed E-state index contributed by atoms with van der Waals surface area (Å²) < 4.78 is 0. The van der Waals surface area contributed by atoms with Crippen molar-refractivity contribution in [3.63, 3.8) is 0 Å². The molecule has 0 saturated carbocycles. The predicted molar refractivity (Wildman–Crippen MR) is 49.8 cm³/mol. The summed E-state index contributed by atoms with van der Waals surface area (Å²) in [5.41, 5.74) is 1.05. The number of amides is 1. The van der Waals surface area contributed by atoms with Crippen LogP contribution < -0.4 is 5.32 Å². The molecule has 0 aliphatic carbocycles. The predicted octanol–water partition coefficient (Wildman–Crippen LogP) is 0.555. The third-order valence-corrected chi connectivity index (χ3v) is 2.08. The molecule has 0 aromatic rings. The van der Waals surface area contributed by atoms with E-state index < -0.39 is 0 Å². The van der Waals surface area contributed by atoms with Crippen LogP contribution in [0.2, 0.25) is 0 Å². The fraction of sp³-hybridized carbons (Fsp3) is 0.500. The molecule has 3 nitrogen and oxygen atoms in total. The highest BCUT2D eigenvalue weighted by Crippen LogP contribution is 2.13. The van der Waals surface area contributed by atoms with Gasteiger partial charge in [-0.2, -0.15) is 0 Å². The molecule has 1 atom stereocenters. The van der Waals surface area contributed by atoms with Gasteiger partial charge in [0, 0.05) is 30.8 Å². The van der Waals surface area contributed by atoms with Gasteiger partial charge in [0.25, 0.3) is 5.91 Å². The molecule has 0 aromatic carbocycles. The highest BCUT2D eigenvalue weighted by Gasteiger charge is 2.20. The van der Waals surface area contributed by atoms with Crippen LogP contribution in [-0.2, 0) is 4.79 Å². The van der Waals surface area contributed by atoms with Crippen LogP contribution in [0.25, 0.3) is 0 Å². The van der Waals surface area contributed by atoms with E-state index in [9.17, 15) is 4.79 Å². The third-order valence-electron chi connectivity index (χ3n) is 2.08. The normalized spacial score (nSPS) is 27.2. The maximum absolute atomic E-state index is 10.8. The van der Waals surface area contributed by atoms with Crippen molar-refractivity contribution in [3.05, 3.63) is 12.2 Å². The van der Waals surface area contributed by atoms with Crippen molar-refractivity contribution in [2.45, 2.75) is 6.42 Å². The molecule has 0 radical (unpaired) electrons. The van der Waals surface area contributed by atoms with Gasteiger partial charge >= 0.3 is 0 Å². The number of aliphatic imine (C=N–C) groups is 1. The lowest BCUT2D eigenvalue weighted by molar-refractivity contribution is -0.113. The topological polar surface area (TPSA) is 41.5 Å². The second-order valence-corrected chi connectivity index (χ2v) is 2.86. The van der Waals surface area contributed by atoms with E-state index in [1.54, 1.807) is 6.08 Å². The molecule has 1 fully saturated rings. The molecule has 1 N–H and O–H groups in total. The summed E-state index contributed by atoms with van der Waals surface area (Å²) in [5.74, 6) is 0.277. The number of rotatable bonds is 0. The van der Waals surface area contributed by atoms with Crippen molar-refractivity contribution < 1.29 is 4.79 Å². The molecule has 66 valence electrons. The van der Waals surface area contributed by atoms with Crippen LogP contribution in [0.1, 0.15) is 6.42 Å². The lowest BCUT2D eigenvalue weighted by atomic mass is 9.95. The Morgan fingerprint density at radius 1 is 1.58 bits per heavy atom. The van der Waals surface area contributed by atoms with Crippen molar-refractivity contribution in [1.82, 2.24) is 5.32 Å². The van der Waals surface area contributed by atoms with Gasteiger partial charge in [0.1, 0.15) is 0 Å². The van der Waals surface area contributed by atoms with Gasteiger partial charge in [0.15, 0.2) is 0 Å². The Hall–Kier alpha value is -0.670. The molecular weight excluding hydrogens is 176 g/mol. The van der Waals surface area contributed by atoms with Crippen LogP contribution in [0.5, 0.6) is 0 Å². The number of piperidine rings is 1. The summed E-state index contributed by atoms with van der Waals surface area (Å²) in [6, 6.07) is 0. The molecule has 1 unspecified atom stereocenters. The number of halogens is 1. The van der Waals surface area contributed by atoms with Crippen LogP contribution in [0.4, 0.5) is 0 Å². The Labute approximate surface area is 77.4 Å². The number of carbonyl (C=O) groups is 1. The standard InChI is InChI=1S/C8H10N2O.ClH/c11-8-2-1-6-5-9-4-3-7(6)10-8;/h1-2,6,9H,3-5H2;1H. The molecule has 2 heterocycles. The van der Waals surface area contributed by atoms with Gasteiger partial charge in [0.2, 0.25) is 0 Å². The quantitative estimate of drug-likeness (QED) is 0.601. The Bertz CT molecular complexity index is 247. The second-order valence-electron chi connectivity index (χ2n) is 2.86. The van der Waals surface area contributed by atoms with Gasteiger partial charge in [-0.3, -0.25) is 4.79 Å². The fourth-order valence-corrected chi connectivity index (χ4v) is 1.47. The van der Waals surface area contributed by atoms with E-state index in [2.05, 4.69) is 10.3 Å². The zero-order chi connectivity index (χ0) is 7.68. The van der Waals surface area contributed by atoms with Crippen LogP contribution in [0.3, 0.4) is 0 Å². The van der Waals surface area contributed by atoms with E-state index in [1.807, 2.05) is 6.08 Å². The van der Waals surface area contributed by atoms with E-state index in [0.717, 1.165) is 25.2 Å². The summed E-state index contributed by atoms with van der Waals surface area (Å²) >= 11 is 0. The minimum absolute atomic E-state index is 0. The van der Waals surface area contributed by atoms with Crippen molar-refractivity contribution in [2.24, 2.45) is 10.9 Å². The van der Waals surface area contributed by atoms with Crippen molar-refractivity contribution in [3.8, 4) is 0 Å². The van der Waals surface area contributed by atoms with E-state index in [4.69, 9.17) is 0 Å². The average Bonchev–Trinajstić information content (AvgIpc) is 2.04. The van der Waals surface area contributed by atoms with E-state index in [0.29, 0.717) is 5.92 Å². The van der Waals surface area contributed by atoms with E-state index in [-0.39, 0.29) is 18.3 Å². The van der Waals surface area contributed by atoms with Crippen LogP contribution in [-0.4, -0.2) is 24.7 Å². The fourth-order valence-electron chi connectivity index (χ4n) is 1.47. The number of hydrogen-bond donors (Lipinski definition) is 1. The first-order valence-electron chi connectivity index (χ1n) is 3.86. The molecule has 0 aromatic heterocycles. The minimum Gasteiger partial charge on any atom is -0.315 e.